The third-order valence-corrected chi connectivity index (χ3v) is 4.01. The number of halogens is 2. The molecule has 0 aliphatic heterocycles. The molecule has 0 bridgehead atoms. The Morgan fingerprint density at radius 1 is 1.19 bits per heavy atom. The van der Waals surface area contributed by atoms with E-state index in [0.717, 1.165) is 11.3 Å². The minimum atomic E-state index is -0.897. The molecule has 0 aliphatic carbocycles. The predicted molar refractivity (Wildman–Crippen MR) is 74.6 cm³/mol. The summed E-state index contributed by atoms with van der Waals surface area (Å²) in [7, 11) is 1.28. The highest BCUT2D eigenvalue weighted by molar-refractivity contribution is 7.14. The van der Waals surface area contributed by atoms with Crippen molar-refractivity contribution in [1.82, 2.24) is 0 Å². The topological polar surface area (TPSA) is 43.4 Å². The van der Waals surface area contributed by atoms with Crippen molar-refractivity contribution < 1.29 is 23.1 Å². The van der Waals surface area contributed by atoms with Gasteiger partial charge in [-0.15, -0.1) is 11.3 Å². The minimum absolute atomic E-state index is 0.0549. The summed E-state index contributed by atoms with van der Waals surface area (Å²) in [5.74, 6) is -2.54. The van der Waals surface area contributed by atoms with Crippen molar-refractivity contribution in [2.24, 2.45) is 0 Å². The molecule has 2 aromatic rings. The first-order valence-electron chi connectivity index (χ1n) is 6.08. The summed E-state index contributed by atoms with van der Waals surface area (Å²) < 4.78 is 31.5. The Labute approximate surface area is 124 Å². The summed E-state index contributed by atoms with van der Waals surface area (Å²) in [6.07, 6.45) is 0.0549. The third kappa shape index (κ3) is 3.33. The largest absolute Gasteiger partial charge is 0.469 e. The Kier molecular flexibility index (Phi) is 4.47. The van der Waals surface area contributed by atoms with E-state index in [9.17, 15) is 18.4 Å². The molecule has 3 nitrogen and oxygen atoms in total. The Bertz CT molecular complexity index is 707. The fourth-order valence-corrected chi connectivity index (χ4v) is 2.72. The average Bonchev–Trinajstić information content (AvgIpc) is 2.90. The molecule has 21 heavy (non-hydrogen) atoms. The number of rotatable bonds is 4. The fourth-order valence-electron chi connectivity index (χ4n) is 1.77. The van der Waals surface area contributed by atoms with Gasteiger partial charge in [-0.3, -0.25) is 9.59 Å². The molecule has 0 N–H and O–H groups in total. The molecule has 0 saturated heterocycles. The van der Waals surface area contributed by atoms with Crippen LogP contribution in [0.5, 0.6) is 0 Å². The molecule has 0 saturated carbocycles. The Hall–Kier alpha value is -2.08. The van der Waals surface area contributed by atoms with Gasteiger partial charge in [-0.25, -0.2) is 8.78 Å². The summed E-state index contributed by atoms with van der Waals surface area (Å²) in [6, 6.07) is 5.02. The lowest BCUT2D eigenvalue weighted by atomic mass is 10.1. The minimum Gasteiger partial charge on any atom is -0.469 e. The number of carbonyl (C=O) groups excluding carboxylic acids is 2. The maximum atomic E-state index is 13.7. The van der Waals surface area contributed by atoms with Gasteiger partial charge >= 0.3 is 5.97 Å². The van der Waals surface area contributed by atoms with Crippen LogP contribution in [0, 0.1) is 18.6 Å². The van der Waals surface area contributed by atoms with E-state index in [-0.39, 0.29) is 17.5 Å². The summed E-state index contributed by atoms with van der Waals surface area (Å²) in [4.78, 5) is 24.3. The van der Waals surface area contributed by atoms with Gasteiger partial charge in [0, 0.05) is 10.9 Å². The van der Waals surface area contributed by atoms with Gasteiger partial charge in [0.1, 0.15) is 11.6 Å². The fraction of sp³-hybridized carbons (Fsp3) is 0.200. The lowest BCUT2D eigenvalue weighted by Crippen LogP contribution is -2.04. The van der Waals surface area contributed by atoms with Crippen LogP contribution in [0.2, 0.25) is 0 Å². The number of hydrogen-bond donors (Lipinski definition) is 0. The van der Waals surface area contributed by atoms with Crippen LogP contribution in [0.3, 0.4) is 0 Å². The van der Waals surface area contributed by atoms with E-state index in [1.54, 1.807) is 6.07 Å². The van der Waals surface area contributed by atoms with E-state index in [0.29, 0.717) is 15.8 Å². The van der Waals surface area contributed by atoms with E-state index < -0.39 is 23.4 Å². The lowest BCUT2D eigenvalue weighted by molar-refractivity contribution is -0.139. The second kappa shape index (κ2) is 6.13. The highest BCUT2D eigenvalue weighted by atomic mass is 32.1. The number of carbonyl (C=O) groups is 2. The van der Waals surface area contributed by atoms with Crippen LogP contribution in [-0.4, -0.2) is 18.9 Å². The highest BCUT2D eigenvalue weighted by Gasteiger charge is 2.18. The van der Waals surface area contributed by atoms with Gasteiger partial charge in [0.2, 0.25) is 5.78 Å². The van der Waals surface area contributed by atoms with E-state index in [2.05, 4.69) is 4.74 Å². The molecule has 1 aromatic carbocycles. The number of benzene rings is 1. The molecule has 0 fully saturated rings. The Balaban J connectivity index is 2.28. The zero-order valence-corrected chi connectivity index (χ0v) is 12.2. The van der Waals surface area contributed by atoms with Crippen LogP contribution < -0.4 is 0 Å². The number of aryl methyl sites for hydroxylation is 1. The van der Waals surface area contributed by atoms with Crippen LogP contribution in [0.25, 0.3) is 0 Å². The molecule has 1 heterocycles. The molecule has 0 atom stereocenters. The van der Waals surface area contributed by atoms with Crippen molar-refractivity contribution in [2.45, 2.75) is 13.3 Å². The van der Waals surface area contributed by atoms with Gasteiger partial charge in [-0.2, -0.15) is 0 Å². The van der Waals surface area contributed by atoms with E-state index >= 15 is 0 Å². The van der Waals surface area contributed by atoms with Crippen LogP contribution in [0.4, 0.5) is 8.78 Å². The van der Waals surface area contributed by atoms with E-state index in [1.165, 1.54) is 26.2 Å². The van der Waals surface area contributed by atoms with Crippen molar-refractivity contribution in [3.63, 3.8) is 0 Å². The first-order chi connectivity index (χ1) is 9.92. The van der Waals surface area contributed by atoms with Crippen LogP contribution in [-0.2, 0) is 16.0 Å². The summed E-state index contributed by atoms with van der Waals surface area (Å²) in [5.41, 5.74) is 0.0199. The van der Waals surface area contributed by atoms with Gasteiger partial charge in [0.25, 0.3) is 0 Å². The van der Waals surface area contributed by atoms with Gasteiger partial charge < -0.3 is 4.74 Å². The monoisotopic (exact) mass is 310 g/mol. The average molecular weight is 310 g/mol. The molecular weight excluding hydrogens is 298 g/mol. The van der Waals surface area contributed by atoms with Crippen LogP contribution in [0.15, 0.2) is 24.3 Å². The molecule has 2 rings (SSSR count). The van der Waals surface area contributed by atoms with Gasteiger partial charge in [0.15, 0.2) is 0 Å². The first kappa shape index (κ1) is 15.3. The predicted octanol–water partition coefficient (Wildman–Crippen LogP) is 3.28. The molecule has 6 heteroatoms. The molecule has 0 spiro atoms. The molecule has 0 aliphatic rings. The zero-order valence-electron chi connectivity index (χ0n) is 11.4. The first-order valence-corrected chi connectivity index (χ1v) is 6.90. The number of methoxy groups -OCH3 is 1. The lowest BCUT2D eigenvalue weighted by Gasteiger charge is -2.03. The smallest absolute Gasteiger partial charge is 0.310 e. The number of esters is 1. The summed E-state index contributed by atoms with van der Waals surface area (Å²) in [6.45, 7) is 1.46. The molecule has 0 radical (unpaired) electrons. The van der Waals surface area contributed by atoms with Gasteiger partial charge in [-0.1, -0.05) is 0 Å². The molecule has 1 aromatic heterocycles. The van der Waals surface area contributed by atoms with Crippen molar-refractivity contribution in [3.8, 4) is 0 Å². The third-order valence-electron chi connectivity index (χ3n) is 2.92. The van der Waals surface area contributed by atoms with E-state index in [4.69, 9.17) is 0 Å². The molecular formula is C15H12F2O3S. The maximum absolute atomic E-state index is 13.7. The van der Waals surface area contributed by atoms with Crippen molar-refractivity contribution in [2.75, 3.05) is 7.11 Å². The van der Waals surface area contributed by atoms with Crippen molar-refractivity contribution in [1.29, 1.82) is 0 Å². The molecule has 0 amide bonds. The summed E-state index contributed by atoms with van der Waals surface area (Å²) in [5, 5.41) is 0. The van der Waals surface area contributed by atoms with Crippen molar-refractivity contribution in [3.05, 3.63) is 56.8 Å². The quantitative estimate of drug-likeness (QED) is 0.643. The SMILES string of the molecule is COC(=O)Cc1ccc(C(=O)c2cc(C)c(F)cc2F)s1. The van der Waals surface area contributed by atoms with Crippen LogP contribution in [0.1, 0.15) is 25.7 Å². The standard InChI is InChI=1S/C15H12F2O3S/c1-8-5-10(12(17)7-11(8)16)15(19)13-4-3-9(21-13)6-14(18)20-2/h3-5,7H,6H2,1-2H3. The van der Waals surface area contributed by atoms with E-state index in [1.807, 2.05) is 0 Å². The second-order valence-electron chi connectivity index (χ2n) is 4.43. The van der Waals surface area contributed by atoms with Crippen LogP contribution >= 0.6 is 11.3 Å². The zero-order chi connectivity index (χ0) is 15.6. The maximum Gasteiger partial charge on any atom is 0.310 e. The second-order valence-corrected chi connectivity index (χ2v) is 5.60. The van der Waals surface area contributed by atoms with Crippen molar-refractivity contribution >= 4 is 23.1 Å². The highest BCUT2D eigenvalue weighted by Crippen LogP contribution is 2.23. The Morgan fingerprint density at radius 3 is 2.57 bits per heavy atom. The van der Waals surface area contributed by atoms with Gasteiger partial charge in [-0.05, 0) is 30.7 Å². The summed E-state index contributed by atoms with van der Waals surface area (Å²) >= 11 is 1.09. The number of ketones is 1. The Morgan fingerprint density at radius 2 is 1.90 bits per heavy atom. The molecule has 0 unspecified atom stereocenters. The normalized spacial score (nSPS) is 10.5. The number of thiophene rings is 1. The number of ether oxygens (including phenoxy) is 1. The number of hydrogen-bond acceptors (Lipinski definition) is 4. The van der Waals surface area contributed by atoms with Gasteiger partial charge in [0.05, 0.1) is 24.0 Å². The molecule has 110 valence electrons.